The Morgan fingerprint density at radius 2 is 1.26 bits per heavy atom. The molecule has 0 spiro atoms. The number of hydrogen-bond donors (Lipinski definition) is 0. The van der Waals surface area contributed by atoms with Crippen LogP contribution in [0.4, 0.5) is 22.7 Å². The van der Waals surface area contributed by atoms with E-state index in [9.17, 15) is 4.79 Å². The molecule has 0 fully saturated rings. The lowest BCUT2D eigenvalue weighted by Gasteiger charge is -2.25. The van der Waals surface area contributed by atoms with Gasteiger partial charge in [0.25, 0.3) is 0 Å². The first-order chi connectivity index (χ1) is 11.3. The topological polar surface area (TPSA) is 24.7 Å². The number of hydrogen-bond acceptors (Lipinski definition) is 2. The lowest BCUT2D eigenvalue weighted by molar-refractivity contribution is 0.112. The summed E-state index contributed by atoms with van der Waals surface area (Å²) in [6.45, 7) is 7.07. The van der Waals surface area contributed by atoms with Crippen molar-refractivity contribution < 1.29 is 4.79 Å². The van der Waals surface area contributed by atoms with Gasteiger partial charge in [0.2, 0.25) is 0 Å². The molecule has 0 aromatic heterocycles. The average molecular weight is 298 g/mol. The molecular formula is C20H14N2O. The van der Waals surface area contributed by atoms with Gasteiger partial charge in [-0.1, -0.05) is 30.3 Å². The summed E-state index contributed by atoms with van der Waals surface area (Å²) in [4.78, 5) is 16.4. The van der Waals surface area contributed by atoms with Crippen LogP contribution in [0.15, 0.2) is 78.9 Å². The van der Waals surface area contributed by atoms with Gasteiger partial charge in [0.05, 0.1) is 6.57 Å². The number of para-hydroxylation sites is 1. The van der Waals surface area contributed by atoms with Crippen LogP contribution in [-0.4, -0.2) is 6.29 Å². The number of carbonyl (C=O) groups is 1. The molecule has 110 valence electrons. The van der Waals surface area contributed by atoms with Crippen LogP contribution in [0, 0.1) is 6.57 Å². The average Bonchev–Trinajstić information content (AvgIpc) is 2.64. The van der Waals surface area contributed by atoms with E-state index in [4.69, 9.17) is 6.57 Å². The van der Waals surface area contributed by atoms with Gasteiger partial charge in [-0.15, -0.1) is 0 Å². The first-order valence-electron chi connectivity index (χ1n) is 7.20. The molecule has 0 aliphatic rings. The molecule has 0 saturated heterocycles. The Kier molecular flexibility index (Phi) is 4.17. The van der Waals surface area contributed by atoms with Crippen molar-refractivity contribution in [1.29, 1.82) is 0 Å². The quantitative estimate of drug-likeness (QED) is 0.468. The summed E-state index contributed by atoms with van der Waals surface area (Å²) in [5.74, 6) is 0. The van der Waals surface area contributed by atoms with Crippen LogP contribution in [0.2, 0.25) is 0 Å². The van der Waals surface area contributed by atoms with Crippen molar-refractivity contribution in [2.45, 2.75) is 0 Å². The number of aldehydes is 1. The lowest BCUT2D eigenvalue weighted by Crippen LogP contribution is -2.09. The third-order valence-corrected chi connectivity index (χ3v) is 3.54. The van der Waals surface area contributed by atoms with Gasteiger partial charge in [-0.2, -0.15) is 0 Å². The second-order valence-electron chi connectivity index (χ2n) is 5.01. The van der Waals surface area contributed by atoms with Gasteiger partial charge in [0.1, 0.15) is 6.29 Å². The van der Waals surface area contributed by atoms with E-state index in [1.165, 1.54) is 0 Å². The number of benzene rings is 3. The van der Waals surface area contributed by atoms with Gasteiger partial charge in [0, 0.05) is 22.6 Å². The molecular weight excluding hydrogens is 284 g/mol. The number of carbonyl (C=O) groups excluding carboxylic acids is 1. The van der Waals surface area contributed by atoms with Crippen LogP contribution in [-0.2, 0) is 0 Å². The van der Waals surface area contributed by atoms with Crippen molar-refractivity contribution in [3.8, 4) is 0 Å². The van der Waals surface area contributed by atoms with E-state index in [0.29, 0.717) is 11.3 Å². The van der Waals surface area contributed by atoms with Gasteiger partial charge in [0.15, 0.2) is 5.69 Å². The molecule has 0 N–H and O–H groups in total. The number of nitrogens with zero attached hydrogens (tertiary/aromatic N) is 2. The molecule has 0 amide bonds. The van der Waals surface area contributed by atoms with Crippen molar-refractivity contribution in [1.82, 2.24) is 0 Å². The zero-order valence-corrected chi connectivity index (χ0v) is 12.4. The van der Waals surface area contributed by atoms with E-state index in [1.807, 2.05) is 54.6 Å². The molecule has 3 aromatic carbocycles. The Labute approximate surface area is 135 Å². The maximum absolute atomic E-state index is 10.9. The van der Waals surface area contributed by atoms with Gasteiger partial charge < -0.3 is 4.90 Å². The molecule has 0 saturated carbocycles. The maximum atomic E-state index is 10.9. The standard InChI is InChI=1S/C20H14N2O/c1-21-17-9-13-20(14-10-17)22(18-5-3-2-4-6-18)19-11-7-16(15-23)8-12-19/h2-15H. The zero-order valence-electron chi connectivity index (χ0n) is 12.4. The molecule has 0 unspecified atom stereocenters. The molecule has 3 nitrogen and oxygen atoms in total. The van der Waals surface area contributed by atoms with E-state index < -0.39 is 0 Å². The Morgan fingerprint density at radius 3 is 1.78 bits per heavy atom. The van der Waals surface area contributed by atoms with Crippen molar-refractivity contribution in [3.05, 3.63) is 95.8 Å². The molecule has 0 bridgehead atoms. The van der Waals surface area contributed by atoms with Gasteiger partial charge in [-0.05, 0) is 48.5 Å². The highest BCUT2D eigenvalue weighted by Gasteiger charge is 2.11. The maximum Gasteiger partial charge on any atom is 0.187 e. The fraction of sp³-hybridized carbons (Fsp3) is 0. The van der Waals surface area contributed by atoms with Crippen LogP contribution in [0.3, 0.4) is 0 Å². The van der Waals surface area contributed by atoms with Crippen LogP contribution < -0.4 is 4.90 Å². The van der Waals surface area contributed by atoms with E-state index >= 15 is 0 Å². The number of anilines is 3. The van der Waals surface area contributed by atoms with E-state index in [1.54, 1.807) is 24.3 Å². The van der Waals surface area contributed by atoms with E-state index in [-0.39, 0.29) is 0 Å². The lowest BCUT2D eigenvalue weighted by atomic mass is 10.1. The monoisotopic (exact) mass is 298 g/mol. The van der Waals surface area contributed by atoms with Gasteiger partial charge in [-0.25, -0.2) is 4.85 Å². The Morgan fingerprint density at radius 1 is 0.739 bits per heavy atom. The van der Waals surface area contributed by atoms with Crippen molar-refractivity contribution >= 4 is 29.0 Å². The molecule has 3 rings (SSSR count). The first-order valence-corrected chi connectivity index (χ1v) is 7.20. The zero-order chi connectivity index (χ0) is 16.1. The SMILES string of the molecule is [C-]#[N+]c1ccc(N(c2ccccc2)c2ccc(C=O)cc2)cc1. The second kappa shape index (κ2) is 6.59. The minimum absolute atomic E-state index is 0.609. The summed E-state index contributed by atoms with van der Waals surface area (Å²) < 4.78 is 0. The molecule has 0 atom stereocenters. The summed E-state index contributed by atoms with van der Waals surface area (Å²) in [6, 6.07) is 24.9. The summed E-state index contributed by atoms with van der Waals surface area (Å²) in [7, 11) is 0. The van der Waals surface area contributed by atoms with Gasteiger partial charge >= 0.3 is 0 Å². The second-order valence-corrected chi connectivity index (χ2v) is 5.01. The summed E-state index contributed by atoms with van der Waals surface area (Å²) >= 11 is 0. The highest BCUT2D eigenvalue weighted by Crippen LogP contribution is 2.35. The number of rotatable bonds is 4. The highest BCUT2D eigenvalue weighted by molar-refractivity contribution is 5.80. The predicted octanol–water partition coefficient (Wildman–Crippen LogP) is 5.52. The fourth-order valence-corrected chi connectivity index (χ4v) is 2.40. The van der Waals surface area contributed by atoms with Crippen LogP contribution in [0.5, 0.6) is 0 Å². The summed E-state index contributed by atoms with van der Waals surface area (Å²) in [6.07, 6.45) is 0.835. The van der Waals surface area contributed by atoms with Crippen molar-refractivity contribution in [3.63, 3.8) is 0 Å². The smallest absolute Gasteiger partial charge is 0.187 e. The van der Waals surface area contributed by atoms with Crippen molar-refractivity contribution in [2.24, 2.45) is 0 Å². The third kappa shape index (κ3) is 3.12. The minimum atomic E-state index is 0.609. The van der Waals surface area contributed by atoms with Crippen LogP contribution in [0.25, 0.3) is 4.85 Å². The van der Waals surface area contributed by atoms with Crippen LogP contribution >= 0.6 is 0 Å². The van der Waals surface area contributed by atoms with E-state index in [0.717, 1.165) is 23.3 Å². The Hall–Kier alpha value is -3.38. The molecule has 0 aliphatic carbocycles. The molecule has 0 radical (unpaired) electrons. The molecule has 3 aromatic rings. The summed E-state index contributed by atoms with van der Waals surface area (Å²) in [5, 5.41) is 0. The highest BCUT2D eigenvalue weighted by atomic mass is 16.1. The normalized spacial score (nSPS) is 9.87. The predicted molar refractivity (Wildman–Crippen MR) is 92.8 cm³/mol. The molecule has 23 heavy (non-hydrogen) atoms. The third-order valence-electron chi connectivity index (χ3n) is 3.54. The Balaban J connectivity index is 2.09. The van der Waals surface area contributed by atoms with Crippen LogP contribution in [0.1, 0.15) is 10.4 Å². The van der Waals surface area contributed by atoms with Crippen molar-refractivity contribution in [2.75, 3.05) is 4.90 Å². The molecule has 0 aliphatic heterocycles. The Bertz CT molecular complexity index is 832. The minimum Gasteiger partial charge on any atom is -0.311 e. The van der Waals surface area contributed by atoms with E-state index in [2.05, 4.69) is 9.74 Å². The fourth-order valence-electron chi connectivity index (χ4n) is 2.40. The largest absolute Gasteiger partial charge is 0.311 e. The molecule has 3 heteroatoms. The summed E-state index contributed by atoms with van der Waals surface area (Å²) in [5.41, 5.74) is 4.19. The molecule has 0 heterocycles. The first kappa shape index (κ1) is 14.6. The van der Waals surface area contributed by atoms with Gasteiger partial charge in [-0.3, -0.25) is 4.79 Å².